The molecule has 2 saturated heterocycles. The molecule has 11 heteroatoms. The molecule has 1 aromatic heterocycles. The Kier molecular flexibility index (Phi) is 7.93. The summed E-state index contributed by atoms with van der Waals surface area (Å²) in [6.45, 7) is 8.88. The van der Waals surface area contributed by atoms with Gasteiger partial charge in [0.05, 0.1) is 11.2 Å². The number of ether oxygens (including phenoxy) is 1. The zero-order chi connectivity index (χ0) is 28.8. The molecule has 0 bridgehead atoms. The van der Waals surface area contributed by atoms with Crippen molar-refractivity contribution in [2.24, 2.45) is 0 Å². The van der Waals surface area contributed by atoms with Gasteiger partial charge >= 0.3 is 190 Å². The number of hydrogen-bond donors (Lipinski definition) is 2. The van der Waals surface area contributed by atoms with Gasteiger partial charge in [0.1, 0.15) is 0 Å². The summed E-state index contributed by atoms with van der Waals surface area (Å²) in [5, 5.41) is 4.97. The van der Waals surface area contributed by atoms with Crippen molar-refractivity contribution in [1.29, 1.82) is 0 Å². The van der Waals surface area contributed by atoms with Crippen molar-refractivity contribution in [1.82, 2.24) is 20.2 Å². The number of carbonyl (C=O) groups is 2. The minimum absolute atomic E-state index is 0.0513. The number of alkyl halides is 3. The molecule has 2 N–H and O–H groups in total. The number of amides is 2. The molecule has 5 rings (SSSR count). The van der Waals surface area contributed by atoms with Crippen LogP contribution in [0.1, 0.15) is 52.4 Å². The van der Waals surface area contributed by atoms with Crippen LogP contribution in [0.2, 0.25) is 0 Å². The van der Waals surface area contributed by atoms with Gasteiger partial charge in [-0.05, 0) is 33.2 Å². The summed E-state index contributed by atoms with van der Waals surface area (Å²) >= 11 is -1.72. The molecule has 3 heterocycles. The Morgan fingerprint density at radius 1 is 1.12 bits per heavy atom. The van der Waals surface area contributed by atoms with Crippen LogP contribution in [-0.2, 0) is 18.8 Å². The fourth-order valence-corrected chi connectivity index (χ4v) is 7.49. The summed E-state index contributed by atoms with van der Waals surface area (Å²) in [4.78, 5) is 39.5. The number of benzene rings is 2. The van der Waals surface area contributed by atoms with Gasteiger partial charge < -0.3 is 9.31 Å². The van der Waals surface area contributed by atoms with E-state index in [2.05, 4.69) is 89.2 Å². The average molecular weight is 660 g/mol. The molecule has 0 aliphatic carbocycles. The molecule has 40 heavy (non-hydrogen) atoms. The van der Waals surface area contributed by atoms with Crippen molar-refractivity contribution < 1.29 is 23.6 Å². The molecule has 2 fully saturated rings. The number of nitrogens with one attached hydrogen (secondary N) is 2. The summed E-state index contributed by atoms with van der Waals surface area (Å²) in [6, 6.07) is 12.4. The first-order valence-electron chi connectivity index (χ1n) is 13.5. The standard InChI is InChI=1S/C29H38BIN4O5/c1-28(2)29(3,4)40-30(39-28)21-13-12-18-15-20(11-10-19(18)16-21)22-17-32-25(33-22)23-9-8-14-35(23)26(36)24(31(5)6)34-27(37)38-7/h10-13,15-17,23-24H,8-9,14H2,1-7H3,(H,32,33)(H,34,37)/t23-,24+/m0/s1. The maximum absolute atomic E-state index is 13.5. The third-order valence-corrected chi connectivity index (χ3v) is 11.6. The zero-order valence-electron chi connectivity index (χ0n) is 24.2. The molecule has 2 amide bonds. The molecule has 2 aliphatic heterocycles. The number of methoxy groups -OCH3 is 1. The van der Waals surface area contributed by atoms with E-state index < -0.39 is 37.1 Å². The molecule has 3 aromatic rings. The number of hydrogen-bond acceptors (Lipinski definition) is 6. The van der Waals surface area contributed by atoms with Gasteiger partial charge in [0.25, 0.3) is 0 Å². The number of alkyl carbamates (subject to hydrolysis) is 1. The van der Waals surface area contributed by atoms with Crippen LogP contribution in [0.25, 0.3) is 22.0 Å². The molecule has 2 aromatic carbocycles. The number of likely N-dealkylation sites (tertiary alicyclic amines) is 1. The first kappa shape index (κ1) is 28.9. The van der Waals surface area contributed by atoms with Gasteiger partial charge in [-0.25, -0.2) is 0 Å². The van der Waals surface area contributed by atoms with E-state index in [1.54, 1.807) is 0 Å². The summed E-state index contributed by atoms with van der Waals surface area (Å²) in [5.74, 6) is 0.714. The minimum atomic E-state index is -1.72. The predicted octanol–water partition coefficient (Wildman–Crippen LogP) is 4.64. The fourth-order valence-electron chi connectivity index (χ4n) is 5.19. The summed E-state index contributed by atoms with van der Waals surface area (Å²) in [6.07, 6.45) is 2.98. The fraction of sp³-hybridized carbons (Fsp3) is 0.483. The second-order valence-electron chi connectivity index (χ2n) is 11.6. The summed E-state index contributed by atoms with van der Waals surface area (Å²) in [5.41, 5.74) is 2.15. The van der Waals surface area contributed by atoms with Crippen LogP contribution in [0.5, 0.6) is 0 Å². The second kappa shape index (κ2) is 11.0. The Labute approximate surface area is 243 Å². The molecule has 0 saturated carbocycles. The molecule has 0 radical (unpaired) electrons. The molecule has 2 atom stereocenters. The number of imidazole rings is 1. The quantitative estimate of drug-likeness (QED) is 0.173. The average Bonchev–Trinajstić information content (AvgIpc) is 3.63. The number of fused-ring (bicyclic) bond motifs is 1. The van der Waals surface area contributed by atoms with Crippen LogP contribution >= 0.6 is 19.8 Å². The van der Waals surface area contributed by atoms with Gasteiger partial charge in [0.15, 0.2) is 0 Å². The van der Waals surface area contributed by atoms with E-state index in [4.69, 9.17) is 14.0 Å². The van der Waals surface area contributed by atoms with E-state index in [1.807, 2.05) is 11.1 Å². The van der Waals surface area contributed by atoms with Crippen molar-refractivity contribution in [2.45, 2.75) is 61.8 Å². The Hall–Kier alpha value is -2.64. The Balaban J connectivity index is 1.34. The number of halogens is 1. The molecule has 2 aliphatic rings. The molecule has 0 spiro atoms. The third-order valence-electron chi connectivity index (χ3n) is 8.23. The van der Waals surface area contributed by atoms with Crippen LogP contribution in [0, 0.1) is 0 Å². The first-order chi connectivity index (χ1) is 18.9. The van der Waals surface area contributed by atoms with E-state index in [0.717, 1.165) is 46.2 Å². The molecule has 0 unspecified atom stereocenters. The monoisotopic (exact) mass is 660 g/mol. The van der Waals surface area contributed by atoms with Crippen molar-refractivity contribution in [3.05, 3.63) is 48.4 Å². The van der Waals surface area contributed by atoms with Crippen molar-refractivity contribution in [2.75, 3.05) is 23.5 Å². The van der Waals surface area contributed by atoms with Crippen LogP contribution in [0.3, 0.4) is 0 Å². The zero-order valence-corrected chi connectivity index (χ0v) is 26.4. The van der Waals surface area contributed by atoms with Crippen LogP contribution in [0.4, 0.5) is 4.79 Å². The molecular weight excluding hydrogens is 622 g/mol. The van der Waals surface area contributed by atoms with Crippen LogP contribution in [-0.4, -0.2) is 72.8 Å². The van der Waals surface area contributed by atoms with Crippen molar-refractivity contribution >= 4 is 55.2 Å². The Morgan fingerprint density at radius 2 is 1.80 bits per heavy atom. The number of aromatic nitrogens is 2. The molecule has 9 nitrogen and oxygen atoms in total. The number of H-pyrrole nitrogens is 1. The van der Waals surface area contributed by atoms with Gasteiger partial charge in [-0.15, -0.1) is 0 Å². The van der Waals surface area contributed by atoms with Crippen molar-refractivity contribution in [3.8, 4) is 11.3 Å². The normalized spacial score (nSPS) is 21.0. The Morgan fingerprint density at radius 3 is 2.48 bits per heavy atom. The first-order valence-corrected chi connectivity index (χ1v) is 19.0. The van der Waals surface area contributed by atoms with Gasteiger partial charge in [-0.1, -0.05) is 0 Å². The second-order valence-corrected chi connectivity index (χ2v) is 17.5. The van der Waals surface area contributed by atoms with E-state index in [9.17, 15) is 9.59 Å². The third kappa shape index (κ3) is 5.47. The number of rotatable bonds is 6. The summed E-state index contributed by atoms with van der Waals surface area (Å²) < 4.78 is 16.7. The number of carbonyl (C=O) groups excluding carboxylic acids is 2. The van der Waals surface area contributed by atoms with E-state index in [1.165, 1.54) is 7.11 Å². The number of nitrogens with zero attached hydrogens (tertiary/aromatic N) is 2. The van der Waals surface area contributed by atoms with Gasteiger partial charge in [0.2, 0.25) is 0 Å². The van der Waals surface area contributed by atoms with Gasteiger partial charge in [-0.3, -0.25) is 0 Å². The predicted molar refractivity (Wildman–Crippen MR) is 166 cm³/mol. The van der Waals surface area contributed by atoms with E-state index >= 15 is 0 Å². The Bertz CT molecular complexity index is 1410. The molecular formula is C29H38BIN4O5. The van der Waals surface area contributed by atoms with Crippen molar-refractivity contribution in [3.63, 3.8) is 0 Å². The maximum atomic E-state index is 13.5. The molecule has 214 valence electrons. The van der Waals surface area contributed by atoms with Crippen LogP contribution < -0.4 is 10.8 Å². The van der Waals surface area contributed by atoms with E-state index in [0.29, 0.717) is 6.54 Å². The van der Waals surface area contributed by atoms with Crippen LogP contribution in [0.15, 0.2) is 42.6 Å². The topological polar surface area (TPSA) is 106 Å². The summed E-state index contributed by atoms with van der Waals surface area (Å²) in [7, 11) is 0.914. The number of aromatic amines is 1. The van der Waals surface area contributed by atoms with E-state index in [-0.39, 0.29) is 23.2 Å². The van der Waals surface area contributed by atoms with Gasteiger partial charge in [0, 0.05) is 0 Å². The SMILES string of the molecule is COC(=O)N[C@H](C(=O)N1CCC[C@H]1c1ncc(-c2ccc3cc(B4OC(C)(C)C(C)(C)O4)ccc3c2)[nH]1)I(C)C. The van der Waals surface area contributed by atoms with Gasteiger partial charge in [-0.2, -0.15) is 0 Å².